The maximum absolute atomic E-state index is 9.22. The van der Waals surface area contributed by atoms with Gasteiger partial charge in [-0.2, -0.15) is 9.84 Å². The summed E-state index contributed by atoms with van der Waals surface area (Å²) < 4.78 is 8.33. The lowest BCUT2D eigenvalue weighted by molar-refractivity contribution is -0.438. The molecule has 1 unspecified atom stereocenters. The first-order valence-corrected chi connectivity index (χ1v) is 9.30. The van der Waals surface area contributed by atoms with Crippen LogP contribution in [0.4, 0.5) is 5.69 Å². The predicted molar refractivity (Wildman–Crippen MR) is 100.0 cm³/mol. The molecule has 0 N–H and O–H groups in total. The van der Waals surface area contributed by atoms with Gasteiger partial charge in [0.05, 0.1) is 18.0 Å². The number of allylic oxidation sites excluding steroid dienone is 1. The second kappa shape index (κ2) is 6.92. The molecule has 2 aliphatic heterocycles. The third kappa shape index (κ3) is 3.04. The van der Waals surface area contributed by atoms with Crippen molar-refractivity contribution >= 4 is 11.4 Å². The number of benzene rings is 1. The van der Waals surface area contributed by atoms with Crippen molar-refractivity contribution in [3.05, 3.63) is 41.8 Å². The zero-order valence-corrected chi connectivity index (χ0v) is 15.7. The van der Waals surface area contributed by atoms with Crippen LogP contribution in [0.2, 0.25) is 0 Å². The van der Waals surface area contributed by atoms with Crippen LogP contribution in [-0.4, -0.2) is 40.9 Å². The second-order valence-corrected chi connectivity index (χ2v) is 7.29. The minimum atomic E-state index is -0.372. The van der Waals surface area contributed by atoms with Crippen molar-refractivity contribution in [2.75, 3.05) is 19.6 Å². The van der Waals surface area contributed by atoms with Crippen molar-refractivity contribution in [2.24, 2.45) is 0 Å². The van der Waals surface area contributed by atoms with E-state index in [1.165, 1.54) is 17.0 Å². The number of likely N-dealkylation sites (N-methyl/N-ethyl adjacent to an activating group) is 1. The Morgan fingerprint density at radius 1 is 1.36 bits per heavy atom. The van der Waals surface area contributed by atoms with Gasteiger partial charge in [-0.25, -0.2) is 0 Å². The van der Waals surface area contributed by atoms with Crippen molar-refractivity contribution in [3.63, 3.8) is 0 Å². The molecule has 0 amide bonds. The van der Waals surface area contributed by atoms with E-state index in [4.69, 9.17) is 4.74 Å². The van der Waals surface area contributed by atoms with Crippen molar-refractivity contribution in [1.29, 1.82) is 5.26 Å². The van der Waals surface area contributed by atoms with E-state index in [9.17, 15) is 5.26 Å². The molecule has 0 bridgehead atoms. The predicted octanol–water partition coefficient (Wildman–Crippen LogP) is 3.95. The van der Waals surface area contributed by atoms with E-state index in [1.807, 2.05) is 0 Å². The van der Waals surface area contributed by atoms with Crippen LogP contribution in [0, 0.1) is 11.3 Å². The first-order valence-electron chi connectivity index (χ1n) is 9.30. The fraction of sp³-hybridized carbons (Fsp3) is 0.524. The number of para-hydroxylation sites is 1. The van der Waals surface area contributed by atoms with Gasteiger partial charge in [-0.1, -0.05) is 31.5 Å². The molecule has 2 aliphatic rings. The van der Waals surface area contributed by atoms with Gasteiger partial charge in [0, 0.05) is 24.6 Å². The molecule has 1 fully saturated rings. The number of nitriles is 1. The van der Waals surface area contributed by atoms with Gasteiger partial charge in [0.25, 0.3) is 0 Å². The third-order valence-corrected chi connectivity index (χ3v) is 5.28. The highest BCUT2D eigenvalue weighted by atomic mass is 16.5. The van der Waals surface area contributed by atoms with Crippen LogP contribution in [0.25, 0.3) is 0 Å². The highest BCUT2D eigenvalue weighted by Crippen LogP contribution is 2.40. The average Bonchev–Trinajstić information content (AvgIpc) is 3.11. The lowest BCUT2D eigenvalue weighted by atomic mass is 9.81. The number of fused-ring (bicyclic) bond motifs is 1. The Morgan fingerprint density at radius 2 is 2.12 bits per heavy atom. The summed E-state index contributed by atoms with van der Waals surface area (Å²) in [5.41, 5.74) is 3.83. The van der Waals surface area contributed by atoms with Gasteiger partial charge >= 0.3 is 0 Å². The first-order chi connectivity index (χ1) is 12.0. The summed E-state index contributed by atoms with van der Waals surface area (Å²) >= 11 is 0. The normalized spacial score (nSPS) is 22.9. The summed E-state index contributed by atoms with van der Waals surface area (Å²) in [7, 11) is 0. The van der Waals surface area contributed by atoms with Gasteiger partial charge in [0.2, 0.25) is 11.8 Å². The smallest absolute Gasteiger partial charge is 0.209 e. The molecule has 4 heteroatoms. The summed E-state index contributed by atoms with van der Waals surface area (Å²) in [6.07, 6.45) is 4.10. The van der Waals surface area contributed by atoms with E-state index < -0.39 is 0 Å². The molecule has 1 aromatic rings. The molecule has 2 heterocycles. The molecule has 25 heavy (non-hydrogen) atoms. The number of hydrogen-bond acceptors (Lipinski definition) is 3. The van der Waals surface area contributed by atoms with E-state index >= 15 is 0 Å². The standard InChI is InChI=1S/C21H28N3O/c1-5-7-12-24-18-11-9-8-10-17(18)21(3,4)19(24)13-20-23(6-2)15-16(14-22)25-20/h8-11,13,16H,5-7,12,15H2,1-4H3/q+1. The average molecular weight is 338 g/mol. The molecule has 1 atom stereocenters. The van der Waals surface area contributed by atoms with Gasteiger partial charge < -0.3 is 9.64 Å². The van der Waals surface area contributed by atoms with Crippen LogP contribution < -0.4 is 0 Å². The van der Waals surface area contributed by atoms with Crippen LogP contribution in [0.3, 0.4) is 0 Å². The lowest BCUT2D eigenvalue weighted by Crippen LogP contribution is -2.29. The highest BCUT2D eigenvalue weighted by molar-refractivity contribution is 6.03. The van der Waals surface area contributed by atoms with Crippen LogP contribution in [-0.2, 0) is 10.2 Å². The molecule has 1 aromatic carbocycles. The molecule has 1 saturated heterocycles. The SMILES string of the molecule is CCCC[N+]1=C(/C=C2\OC(C#N)CN2CC)C(C)(C)c2ccccc21. The van der Waals surface area contributed by atoms with E-state index in [1.54, 1.807) is 0 Å². The Bertz CT molecular complexity index is 755. The quantitative estimate of drug-likeness (QED) is 0.763. The highest BCUT2D eigenvalue weighted by Gasteiger charge is 2.45. The van der Waals surface area contributed by atoms with Gasteiger partial charge in [0.15, 0.2) is 11.6 Å². The zero-order valence-electron chi connectivity index (χ0n) is 15.7. The Hall–Kier alpha value is -2.28. The van der Waals surface area contributed by atoms with Crippen LogP contribution >= 0.6 is 0 Å². The van der Waals surface area contributed by atoms with Crippen molar-refractivity contribution < 1.29 is 9.31 Å². The zero-order chi connectivity index (χ0) is 18.0. The fourth-order valence-electron chi connectivity index (χ4n) is 3.80. The minimum absolute atomic E-state index is 0.0785. The Balaban J connectivity index is 2.08. The topological polar surface area (TPSA) is 39.3 Å². The molecule has 3 rings (SSSR count). The van der Waals surface area contributed by atoms with Crippen molar-refractivity contribution in [1.82, 2.24) is 4.90 Å². The molecular formula is C21H28N3O+. The van der Waals surface area contributed by atoms with Crippen molar-refractivity contribution in [3.8, 4) is 6.07 Å². The van der Waals surface area contributed by atoms with Gasteiger partial charge in [-0.15, -0.1) is 0 Å². The number of rotatable bonds is 5. The molecule has 0 aromatic heterocycles. The number of unbranched alkanes of at least 4 members (excludes halogenated alkanes) is 1. The third-order valence-electron chi connectivity index (χ3n) is 5.28. The number of ether oxygens (including phenoxy) is 1. The maximum atomic E-state index is 9.22. The van der Waals surface area contributed by atoms with E-state index in [2.05, 4.69) is 73.6 Å². The first kappa shape index (κ1) is 17.5. The van der Waals surface area contributed by atoms with Crippen molar-refractivity contribution in [2.45, 2.75) is 52.1 Å². The van der Waals surface area contributed by atoms with Crippen LogP contribution in [0.5, 0.6) is 0 Å². The summed E-state index contributed by atoms with van der Waals surface area (Å²) in [4.78, 5) is 2.15. The molecule has 0 radical (unpaired) electrons. The van der Waals surface area contributed by atoms with E-state index in [0.29, 0.717) is 6.54 Å². The summed E-state index contributed by atoms with van der Waals surface area (Å²) in [5, 5.41) is 9.22. The molecule has 0 saturated carbocycles. The van der Waals surface area contributed by atoms with Gasteiger partial charge in [-0.05, 0) is 20.8 Å². The molecule has 4 nitrogen and oxygen atoms in total. The number of hydrogen-bond donors (Lipinski definition) is 0. The molecule has 0 spiro atoms. The van der Waals surface area contributed by atoms with Gasteiger partial charge in [0.1, 0.15) is 12.6 Å². The van der Waals surface area contributed by atoms with Crippen LogP contribution in [0.1, 0.15) is 46.1 Å². The summed E-state index contributed by atoms with van der Waals surface area (Å²) in [6.45, 7) is 11.4. The Morgan fingerprint density at radius 3 is 2.80 bits per heavy atom. The lowest BCUT2D eigenvalue weighted by Gasteiger charge is -2.18. The van der Waals surface area contributed by atoms with E-state index in [-0.39, 0.29) is 11.5 Å². The number of nitrogens with zero attached hydrogens (tertiary/aromatic N) is 3. The van der Waals surface area contributed by atoms with Gasteiger partial charge in [-0.3, -0.25) is 0 Å². The molecule has 132 valence electrons. The summed E-state index contributed by atoms with van der Waals surface area (Å²) in [6, 6.07) is 10.9. The maximum Gasteiger partial charge on any atom is 0.209 e. The Labute approximate surface area is 151 Å². The monoisotopic (exact) mass is 338 g/mol. The van der Waals surface area contributed by atoms with Crippen LogP contribution in [0.15, 0.2) is 36.2 Å². The molecular weight excluding hydrogens is 310 g/mol. The Kier molecular flexibility index (Phi) is 4.85. The molecule has 0 aliphatic carbocycles. The fourth-order valence-corrected chi connectivity index (χ4v) is 3.80. The summed E-state index contributed by atoms with van der Waals surface area (Å²) in [5.74, 6) is 0.825. The second-order valence-electron chi connectivity index (χ2n) is 7.29. The largest absolute Gasteiger partial charge is 0.458 e. The minimum Gasteiger partial charge on any atom is -0.458 e. The van der Waals surface area contributed by atoms with E-state index in [0.717, 1.165) is 31.8 Å².